The van der Waals surface area contributed by atoms with E-state index in [9.17, 15) is 4.79 Å². The molecule has 0 aliphatic rings. The van der Waals surface area contributed by atoms with E-state index >= 15 is 0 Å². The number of nitrogens with one attached hydrogen (secondary N) is 1. The van der Waals surface area contributed by atoms with Gasteiger partial charge in [0.1, 0.15) is 5.60 Å². The van der Waals surface area contributed by atoms with Gasteiger partial charge in [0.2, 0.25) is 0 Å². The Morgan fingerprint density at radius 1 is 1.62 bits per heavy atom. The molecular weight excluding hydrogens is 224 g/mol. The van der Waals surface area contributed by atoms with Gasteiger partial charge in [0.25, 0.3) is 0 Å². The van der Waals surface area contributed by atoms with Gasteiger partial charge in [0.05, 0.1) is 6.04 Å². The number of carbonyl (C=O) groups excluding carboxylic acids is 1. The van der Waals surface area contributed by atoms with Crippen LogP contribution in [0.3, 0.4) is 0 Å². The summed E-state index contributed by atoms with van der Waals surface area (Å²) in [5, 5.41) is 4.61. The molecule has 1 atom stereocenters. The molecule has 1 heterocycles. The summed E-state index contributed by atoms with van der Waals surface area (Å²) in [6, 6.07) is 3.71. The van der Waals surface area contributed by atoms with E-state index in [0.29, 0.717) is 6.54 Å². The zero-order chi connectivity index (χ0) is 12.2. The van der Waals surface area contributed by atoms with Crippen molar-refractivity contribution in [2.45, 2.75) is 32.4 Å². The molecule has 1 aromatic rings. The number of amides is 1. The van der Waals surface area contributed by atoms with Crippen molar-refractivity contribution in [3.63, 3.8) is 0 Å². The lowest BCUT2D eigenvalue weighted by atomic mass is 10.2. The molecule has 0 aliphatic carbocycles. The fourth-order valence-corrected chi connectivity index (χ4v) is 1.84. The SMILES string of the molecule is CC(C)(C)OC(=O)NC[C@H](N)c1cccs1. The van der Waals surface area contributed by atoms with Crippen molar-refractivity contribution in [3.8, 4) is 0 Å². The van der Waals surface area contributed by atoms with Gasteiger partial charge in [-0.3, -0.25) is 0 Å². The van der Waals surface area contributed by atoms with Gasteiger partial charge in [-0.25, -0.2) is 4.79 Å². The predicted octanol–water partition coefficient (Wildman–Crippen LogP) is 2.27. The van der Waals surface area contributed by atoms with Gasteiger partial charge >= 0.3 is 6.09 Å². The number of rotatable bonds is 3. The highest BCUT2D eigenvalue weighted by Gasteiger charge is 2.16. The molecule has 16 heavy (non-hydrogen) atoms. The first kappa shape index (κ1) is 13.0. The Bertz CT molecular complexity index is 330. The van der Waals surface area contributed by atoms with Gasteiger partial charge in [-0.1, -0.05) is 6.07 Å². The van der Waals surface area contributed by atoms with Crippen LogP contribution in [0.4, 0.5) is 4.79 Å². The number of hydrogen-bond donors (Lipinski definition) is 2. The molecule has 0 aliphatic heterocycles. The van der Waals surface area contributed by atoms with Crippen LogP contribution in [0.15, 0.2) is 17.5 Å². The Hall–Kier alpha value is -1.07. The first-order valence-corrected chi connectivity index (χ1v) is 6.02. The Kier molecular flexibility index (Phi) is 4.32. The highest BCUT2D eigenvalue weighted by molar-refractivity contribution is 7.10. The molecule has 90 valence electrons. The number of hydrogen-bond acceptors (Lipinski definition) is 4. The zero-order valence-electron chi connectivity index (χ0n) is 9.82. The molecule has 0 radical (unpaired) electrons. The number of thiophene rings is 1. The zero-order valence-corrected chi connectivity index (χ0v) is 10.6. The van der Waals surface area contributed by atoms with Crippen molar-refractivity contribution in [3.05, 3.63) is 22.4 Å². The van der Waals surface area contributed by atoms with Crippen molar-refractivity contribution in [1.29, 1.82) is 0 Å². The maximum absolute atomic E-state index is 11.3. The maximum atomic E-state index is 11.3. The second-order valence-corrected chi connectivity index (χ2v) is 5.48. The van der Waals surface area contributed by atoms with Gasteiger partial charge in [-0.15, -0.1) is 11.3 Å². The van der Waals surface area contributed by atoms with E-state index < -0.39 is 11.7 Å². The lowest BCUT2D eigenvalue weighted by molar-refractivity contribution is 0.0524. The summed E-state index contributed by atoms with van der Waals surface area (Å²) >= 11 is 1.58. The van der Waals surface area contributed by atoms with Crippen molar-refractivity contribution < 1.29 is 9.53 Å². The van der Waals surface area contributed by atoms with Gasteiger partial charge in [-0.2, -0.15) is 0 Å². The summed E-state index contributed by atoms with van der Waals surface area (Å²) in [7, 11) is 0. The van der Waals surface area contributed by atoms with E-state index in [1.165, 1.54) is 0 Å². The molecular formula is C11H18N2O2S. The molecule has 0 aromatic carbocycles. The Morgan fingerprint density at radius 3 is 2.81 bits per heavy atom. The van der Waals surface area contributed by atoms with Crippen LogP contribution >= 0.6 is 11.3 Å². The molecule has 0 unspecified atom stereocenters. The molecule has 5 heteroatoms. The molecule has 4 nitrogen and oxygen atoms in total. The minimum absolute atomic E-state index is 0.174. The van der Waals surface area contributed by atoms with Gasteiger partial charge < -0.3 is 15.8 Å². The molecule has 0 saturated heterocycles. The van der Waals surface area contributed by atoms with Crippen molar-refractivity contribution >= 4 is 17.4 Å². The highest BCUT2D eigenvalue weighted by atomic mass is 32.1. The van der Waals surface area contributed by atoms with Crippen molar-refractivity contribution in [1.82, 2.24) is 5.32 Å². The van der Waals surface area contributed by atoms with Gasteiger partial charge in [-0.05, 0) is 32.2 Å². The summed E-state index contributed by atoms with van der Waals surface area (Å²) in [6.07, 6.45) is -0.431. The third-order valence-electron chi connectivity index (χ3n) is 1.77. The van der Waals surface area contributed by atoms with Crippen molar-refractivity contribution in [2.24, 2.45) is 5.73 Å². The van der Waals surface area contributed by atoms with Crippen LogP contribution in [0.5, 0.6) is 0 Å². The summed E-state index contributed by atoms with van der Waals surface area (Å²) in [6.45, 7) is 5.86. The van der Waals surface area contributed by atoms with Crippen LogP contribution in [0.1, 0.15) is 31.7 Å². The number of carbonyl (C=O) groups is 1. The molecule has 3 N–H and O–H groups in total. The van der Waals surface area contributed by atoms with Crippen LogP contribution in [-0.4, -0.2) is 18.2 Å². The van der Waals surface area contributed by atoms with E-state index in [0.717, 1.165) is 4.88 Å². The summed E-state index contributed by atoms with van der Waals surface area (Å²) in [5.41, 5.74) is 5.42. The van der Waals surface area contributed by atoms with Crippen LogP contribution in [0.25, 0.3) is 0 Å². The van der Waals surface area contributed by atoms with Crippen LogP contribution in [0, 0.1) is 0 Å². The average molecular weight is 242 g/mol. The second kappa shape index (κ2) is 5.32. The van der Waals surface area contributed by atoms with E-state index in [4.69, 9.17) is 10.5 Å². The highest BCUT2D eigenvalue weighted by Crippen LogP contribution is 2.15. The van der Waals surface area contributed by atoms with Gasteiger partial charge in [0, 0.05) is 11.4 Å². The molecule has 0 saturated carbocycles. The number of nitrogens with two attached hydrogens (primary N) is 1. The largest absolute Gasteiger partial charge is 0.444 e. The van der Waals surface area contributed by atoms with E-state index in [2.05, 4.69) is 5.32 Å². The summed E-state index contributed by atoms with van der Waals surface area (Å²) < 4.78 is 5.10. The fourth-order valence-electron chi connectivity index (χ4n) is 1.11. The standard InChI is InChI=1S/C11H18N2O2S/c1-11(2,3)15-10(14)13-7-8(12)9-5-4-6-16-9/h4-6,8H,7,12H2,1-3H3,(H,13,14)/t8-/m0/s1. The maximum Gasteiger partial charge on any atom is 0.407 e. The van der Waals surface area contributed by atoms with Crippen LogP contribution < -0.4 is 11.1 Å². The normalized spacial score (nSPS) is 13.2. The third-order valence-corrected chi connectivity index (χ3v) is 2.78. The Labute approximate surface area is 99.8 Å². The van der Waals surface area contributed by atoms with E-state index in [-0.39, 0.29) is 6.04 Å². The fraction of sp³-hybridized carbons (Fsp3) is 0.545. The summed E-state index contributed by atoms with van der Waals surface area (Å²) in [4.78, 5) is 12.4. The van der Waals surface area contributed by atoms with Crippen molar-refractivity contribution in [2.75, 3.05) is 6.54 Å². The molecule has 1 rings (SSSR count). The first-order chi connectivity index (χ1) is 7.38. The molecule has 0 spiro atoms. The smallest absolute Gasteiger partial charge is 0.407 e. The van der Waals surface area contributed by atoms with Gasteiger partial charge in [0.15, 0.2) is 0 Å². The third kappa shape index (κ3) is 4.63. The molecule has 0 fully saturated rings. The predicted molar refractivity (Wildman–Crippen MR) is 65.5 cm³/mol. The van der Waals surface area contributed by atoms with Crippen LogP contribution in [-0.2, 0) is 4.74 Å². The van der Waals surface area contributed by atoms with E-state index in [1.807, 2.05) is 38.3 Å². The van der Waals surface area contributed by atoms with E-state index in [1.54, 1.807) is 11.3 Å². The first-order valence-electron chi connectivity index (χ1n) is 5.14. The second-order valence-electron chi connectivity index (χ2n) is 4.50. The lowest BCUT2D eigenvalue weighted by Gasteiger charge is -2.20. The minimum Gasteiger partial charge on any atom is -0.444 e. The Balaban J connectivity index is 2.32. The number of ether oxygens (including phenoxy) is 1. The summed E-state index contributed by atoms with van der Waals surface area (Å²) in [5.74, 6) is 0. The topological polar surface area (TPSA) is 64.3 Å². The minimum atomic E-state index is -0.475. The molecule has 0 bridgehead atoms. The molecule has 1 amide bonds. The quantitative estimate of drug-likeness (QED) is 0.854. The molecule has 1 aromatic heterocycles. The monoisotopic (exact) mass is 242 g/mol. The van der Waals surface area contributed by atoms with Crippen LogP contribution in [0.2, 0.25) is 0 Å². The number of alkyl carbamates (subject to hydrolysis) is 1. The lowest BCUT2D eigenvalue weighted by Crippen LogP contribution is -2.36. The average Bonchev–Trinajstić information content (AvgIpc) is 2.64. The Morgan fingerprint density at radius 2 is 2.31 bits per heavy atom.